The largest absolute Gasteiger partial charge is 0.256 e. The summed E-state index contributed by atoms with van der Waals surface area (Å²) in [5, 5.41) is 6.09. The van der Waals surface area contributed by atoms with Crippen LogP contribution in [0.4, 0.5) is 0 Å². The van der Waals surface area contributed by atoms with Crippen LogP contribution in [-0.2, 0) is 0 Å². The molecule has 3 heterocycles. The molecule has 0 aliphatic carbocycles. The molecule has 7 aromatic carbocycles. The van der Waals surface area contributed by atoms with Crippen molar-refractivity contribution in [1.82, 2.24) is 19.9 Å². The molecule has 3 aromatic heterocycles. The standard InChI is InChI=1S/C46H28N4S/c1-3-11-30(12-4-1)44-48-45(31-13-5-2-6-14-31)50-46(49-44)34-16-9-15-33(25-34)39-27-35(28-40-37-17-7-8-19-42(37)51-43(39)40)32-21-20-29-22-23-41-36(38(29)26-32)18-10-24-47-41/h1-28H. The summed E-state index contributed by atoms with van der Waals surface area (Å²) in [6, 6.07) is 57.5. The number of benzene rings is 7. The van der Waals surface area contributed by atoms with Gasteiger partial charge < -0.3 is 0 Å². The normalized spacial score (nSPS) is 11.5. The van der Waals surface area contributed by atoms with Crippen LogP contribution in [0.2, 0.25) is 0 Å². The van der Waals surface area contributed by atoms with Gasteiger partial charge in [-0.3, -0.25) is 4.98 Å². The minimum Gasteiger partial charge on any atom is -0.256 e. The molecule has 238 valence electrons. The molecule has 0 fully saturated rings. The van der Waals surface area contributed by atoms with Crippen LogP contribution in [-0.4, -0.2) is 19.9 Å². The molecule has 5 heteroatoms. The maximum Gasteiger partial charge on any atom is 0.164 e. The van der Waals surface area contributed by atoms with Crippen molar-refractivity contribution >= 4 is 53.2 Å². The van der Waals surface area contributed by atoms with Gasteiger partial charge in [0.05, 0.1) is 5.52 Å². The monoisotopic (exact) mass is 668 g/mol. The third-order valence-electron chi connectivity index (χ3n) is 9.55. The van der Waals surface area contributed by atoms with Crippen LogP contribution in [0.5, 0.6) is 0 Å². The average molecular weight is 669 g/mol. The summed E-state index contributed by atoms with van der Waals surface area (Å²) in [5.41, 5.74) is 8.49. The number of hydrogen-bond donors (Lipinski definition) is 0. The Kier molecular flexibility index (Phi) is 6.96. The molecule has 0 unspecified atom stereocenters. The van der Waals surface area contributed by atoms with Crippen LogP contribution in [0, 0.1) is 0 Å². The second-order valence-corrected chi connectivity index (χ2v) is 13.7. The van der Waals surface area contributed by atoms with E-state index in [1.807, 2.05) is 84.3 Å². The third kappa shape index (κ3) is 5.23. The Bertz CT molecular complexity index is 2860. The zero-order chi connectivity index (χ0) is 33.7. The van der Waals surface area contributed by atoms with Crippen molar-refractivity contribution in [2.75, 3.05) is 0 Å². The van der Waals surface area contributed by atoms with Gasteiger partial charge in [0.15, 0.2) is 17.5 Å². The molecule has 51 heavy (non-hydrogen) atoms. The molecule has 0 bridgehead atoms. The van der Waals surface area contributed by atoms with E-state index in [4.69, 9.17) is 15.0 Å². The number of thiophene rings is 1. The summed E-state index contributed by atoms with van der Waals surface area (Å²) in [6.07, 6.45) is 1.86. The molecule has 0 N–H and O–H groups in total. The lowest BCUT2D eigenvalue weighted by molar-refractivity contribution is 1.07. The van der Waals surface area contributed by atoms with Crippen molar-refractivity contribution in [1.29, 1.82) is 0 Å². The second kappa shape index (κ2) is 12.1. The highest BCUT2D eigenvalue weighted by Gasteiger charge is 2.17. The Hall–Kier alpha value is -6.56. The highest BCUT2D eigenvalue weighted by Crippen LogP contribution is 2.44. The van der Waals surface area contributed by atoms with Gasteiger partial charge in [0.1, 0.15) is 0 Å². The van der Waals surface area contributed by atoms with Crippen molar-refractivity contribution in [2.45, 2.75) is 0 Å². The van der Waals surface area contributed by atoms with Gasteiger partial charge >= 0.3 is 0 Å². The summed E-state index contributed by atoms with van der Waals surface area (Å²) in [4.78, 5) is 19.6. The minimum atomic E-state index is 0.642. The lowest BCUT2D eigenvalue weighted by Crippen LogP contribution is -2.00. The molecular weight excluding hydrogens is 641 g/mol. The predicted octanol–water partition coefficient (Wildman–Crippen LogP) is 12.3. The first kappa shape index (κ1) is 29.4. The number of rotatable bonds is 5. The van der Waals surface area contributed by atoms with E-state index in [2.05, 4.69) is 102 Å². The van der Waals surface area contributed by atoms with E-state index in [1.165, 1.54) is 47.6 Å². The molecule has 4 nitrogen and oxygen atoms in total. The Morgan fingerprint density at radius 3 is 1.78 bits per heavy atom. The van der Waals surface area contributed by atoms with E-state index < -0.39 is 0 Å². The van der Waals surface area contributed by atoms with Crippen LogP contribution in [0.25, 0.3) is 98.3 Å². The van der Waals surface area contributed by atoms with Crippen molar-refractivity contribution < 1.29 is 0 Å². The first-order valence-electron chi connectivity index (χ1n) is 17.0. The molecule has 0 aliphatic rings. The Labute approximate surface area is 298 Å². The summed E-state index contributed by atoms with van der Waals surface area (Å²) in [7, 11) is 0. The minimum absolute atomic E-state index is 0.642. The van der Waals surface area contributed by atoms with Crippen molar-refractivity contribution in [3.63, 3.8) is 0 Å². The molecule has 0 saturated heterocycles. The van der Waals surface area contributed by atoms with E-state index in [0.29, 0.717) is 17.5 Å². The second-order valence-electron chi connectivity index (χ2n) is 12.7. The molecular formula is C46H28N4S. The van der Waals surface area contributed by atoms with E-state index in [0.717, 1.165) is 33.2 Å². The van der Waals surface area contributed by atoms with Crippen molar-refractivity contribution in [2.24, 2.45) is 0 Å². The number of aromatic nitrogens is 4. The van der Waals surface area contributed by atoms with E-state index in [1.54, 1.807) is 0 Å². The zero-order valence-corrected chi connectivity index (χ0v) is 28.2. The fourth-order valence-electron chi connectivity index (χ4n) is 7.03. The average Bonchev–Trinajstić information content (AvgIpc) is 3.59. The van der Waals surface area contributed by atoms with Crippen LogP contribution in [0.3, 0.4) is 0 Å². The molecule has 10 aromatic rings. The predicted molar refractivity (Wildman–Crippen MR) is 213 cm³/mol. The summed E-state index contributed by atoms with van der Waals surface area (Å²) in [6.45, 7) is 0. The first-order valence-corrected chi connectivity index (χ1v) is 17.8. The Balaban J connectivity index is 1.17. The molecule has 0 spiro atoms. The molecule has 0 radical (unpaired) electrons. The van der Waals surface area contributed by atoms with Gasteiger partial charge in [-0.05, 0) is 69.9 Å². The van der Waals surface area contributed by atoms with Gasteiger partial charge in [-0.1, -0.05) is 121 Å². The van der Waals surface area contributed by atoms with E-state index in [-0.39, 0.29) is 0 Å². The van der Waals surface area contributed by atoms with Gasteiger partial charge in [0.25, 0.3) is 0 Å². The smallest absolute Gasteiger partial charge is 0.164 e. The van der Waals surface area contributed by atoms with Gasteiger partial charge in [-0.25, -0.2) is 15.0 Å². The van der Waals surface area contributed by atoms with Crippen LogP contribution in [0.15, 0.2) is 170 Å². The highest BCUT2D eigenvalue weighted by molar-refractivity contribution is 7.26. The number of hydrogen-bond acceptors (Lipinski definition) is 5. The van der Waals surface area contributed by atoms with Gasteiger partial charge in [0.2, 0.25) is 0 Å². The van der Waals surface area contributed by atoms with Crippen LogP contribution < -0.4 is 0 Å². The van der Waals surface area contributed by atoms with Crippen LogP contribution >= 0.6 is 11.3 Å². The maximum absolute atomic E-state index is 5.03. The number of nitrogens with zero attached hydrogens (tertiary/aromatic N) is 4. The van der Waals surface area contributed by atoms with Gasteiger partial charge in [0, 0.05) is 54.0 Å². The Morgan fingerprint density at radius 2 is 1.00 bits per heavy atom. The number of fused-ring (bicyclic) bond motifs is 6. The highest BCUT2D eigenvalue weighted by atomic mass is 32.1. The topological polar surface area (TPSA) is 51.6 Å². The summed E-state index contributed by atoms with van der Waals surface area (Å²) < 4.78 is 2.54. The fraction of sp³-hybridized carbons (Fsp3) is 0. The van der Waals surface area contributed by atoms with Crippen molar-refractivity contribution in [3.8, 4) is 56.4 Å². The summed E-state index contributed by atoms with van der Waals surface area (Å²) in [5.74, 6) is 1.94. The molecule has 0 amide bonds. The van der Waals surface area contributed by atoms with E-state index in [9.17, 15) is 0 Å². The Morgan fingerprint density at radius 1 is 0.373 bits per heavy atom. The van der Waals surface area contributed by atoms with Gasteiger partial charge in [-0.15, -0.1) is 11.3 Å². The molecule has 10 rings (SSSR count). The fourth-order valence-corrected chi connectivity index (χ4v) is 8.25. The number of pyridine rings is 1. The zero-order valence-electron chi connectivity index (χ0n) is 27.4. The lowest BCUT2D eigenvalue weighted by atomic mass is 9.93. The van der Waals surface area contributed by atoms with Gasteiger partial charge in [-0.2, -0.15) is 0 Å². The SMILES string of the molecule is c1ccc(-c2nc(-c3ccccc3)nc(-c3cccc(-c4cc(-c5ccc6ccc7ncccc7c6c5)cc5c4sc4ccccc45)c3)n2)cc1. The molecule has 0 aliphatic heterocycles. The summed E-state index contributed by atoms with van der Waals surface area (Å²) >= 11 is 1.84. The quantitative estimate of drug-likeness (QED) is 0.171. The van der Waals surface area contributed by atoms with E-state index >= 15 is 0 Å². The molecule has 0 atom stereocenters. The molecule has 0 saturated carbocycles. The van der Waals surface area contributed by atoms with Crippen LogP contribution in [0.1, 0.15) is 0 Å². The lowest BCUT2D eigenvalue weighted by Gasteiger charge is -2.12. The maximum atomic E-state index is 5.03. The first-order chi connectivity index (χ1) is 25.2. The van der Waals surface area contributed by atoms with Crippen molar-refractivity contribution in [3.05, 3.63) is 170 Å². The third-order valence-corrected chi connectivity index (χ3v) is 10.8.